The van der Waals surface area contributed by atoms with Gasteiger partial charge in [-0.3, -0.25) is 9.59 Å². The highest BCUT2D eigenvalue weighted by Crippen LogP contribution is 2.54. The van der Waals surface area contributed by atoms with E-state index < -0.39 is 51.0 Å². The third-order valence-corrected chi connectivity index (χ3v) is 8.03. The number of benzene rings is 1. The second-order valence-corrected chi connectivity index (χ2v) is 11.4. The van der Waals surface area contributed by atoms with Crippen LogP contribution >= 0.6 is 34.5 Å². The normalized spacial score (nSPS) is 17.1. The summed E-state index contributed by atoms with van der Waals surface area (Å²) in [6.07, 6.45) is -11.1. The number of amides is 2. The maximum atomic E-state index is 13.5. The number of hydrogen-bond acceptors (Lipinski definition) is 6. The molecular formula is C23H23Cl2F6N3O4S. The van der Waals surface area contributed by atoms with Gasteiger partial charge in [-0.05, 0) is 33.6 Å². The summed E-state index contributed by atoms with van der Waals surface area (Å²) >= 11 is 12.6. The number of nitrogens with zero attached hydrogens (tertiary/aromatic N) is 2. The Bertz CT molecular complexity index is 1260. The van der Waals surface area contributed by atoms with Gasteiger partial charge >= 0.3 is 12.4 Å². The highest BCUT2D eigenvalue weighted by atomic mass is 35.5. The topological polar surface area (TPSA) is 103 Å². The van der Waals surface area contributed by atoms with E-state index in [1.165, 1.54) is 18.7 Å². The average Bonchev–Trinajstić information content (AvgIpc) is 3.43. The molecule has 1 aliphatic heterocycles. The summed E-state index contributed by atoms with van der Waals surface area (Å²) in [5.74, 6) is -1.43. The molecule has 1 aliphatic rings. The smallest absolute Gasteiger partial charge is 0.389 e. The summed E-state index contributed by atoms with van der Waals surface area (Å²) in [6.45, 7) is 4.80. The Balaban J connectivity index is 2.19. The van der Waals surface area contributed by atoms with E-state index in [1.54, 1.807) is 6.92 Å². The number of hydrogen-bond donors (Lipinski definition) is 3. The molecule has 0 aliphatic carbocycles. The molecule has 1 unspecified atom stereocenters. The van der Waals surface area contributed by atoms with Crippen molar-refractivity contribution >= 4 is 46.4 Å². The fourth-order valence-corrected chi connectivity index (χ4v) is 5.58. The van der Waals surface area contributed by atoms with E-state index >= 15 is 0 Å². The first-order valence-electron chi connectivity index (χ1n) is 11.4. The molecule has 216 valence electrons. The molecular weight excluding hydrogens is 599 g/mol. The summed E-state index contributed by atoms with van der Waals surface area (Å²) in [5.41, 5.74) is -8.97. The molecule has 0 saturated carbocycles. The Morgan fingerprint density at radius 3 is 2.18 bits per heavy atom. The predicted molar refractivity (Wildman–Crippen MR) is 132 cm³/mol. The van der Waals surface area contributed by atoms with Gasteiger partial charge in [-0.1, -0.05) is 35.3 Å². The van der Waals surface area contributed by atoms with Crippen molar-refractivity contribution in [2.75, 3.05) is 13.1 Å². The van der Waals surface area contributed by atoms with E-state index in [0.717, 1.165) is 6.07 Å². The summed E-state index contributed by atoms with van der Waals surface area (Å²) in [6, 6.07) is 0.849. The lowest BCUT2D eigenvalue weighted by Crippen LogP contribution is -2.54. The quantitative estimate of drug-likeness (QED) is 0.367. The zero-order valence-electron chi connectivity index (χ0n) is 20.6. The minimum absolute atomic E-state index is 0.131. The first-order chi connectivity index (χ1) is 17.7. The zero-order valence-corrected chi connectivity index (χ0v) is 22.9. The van der Waals surface area contributed by atoms with Gasteiger partial charge in [0.1, 0.15) is 5.69 Å². The number of carbonyl (C=O) groups excluding carboxylic acids is 2. The molecule has 1 aromatic carbocycles. The van der Waals surface area contributed by atoms with Crippen LogP contribution in [0.15, 0.2) is 12.1 Å². The van der Waals surface area contributed by atoms with E-state index in [4.69, 9.17) is 23.2 Å². The van der Waals surface area contributed by atoms with Crippen LogP contribution in [-0.4, -0.2) is 69.0 Å². The maximum absolute atomic E-state index is 13.5. The number of rotatable bonds is 6. The van der Waals surface area contributed by atoms with Crippen LogP contribution in [0.4, 0.5) is 26.3 Å². The monoisotopic (exact) mass is 621 g/mol. The first kappa shape index (κ1) is 31.4. The summed E-state index contributed by atoms with van der Waals surface area (Å²) in [7, 11) is 0. The highest BCUT2D eigenvalue weighted by molar-refractivity contribution is 7.17. The second-order valence-electron chi connectivity index (χ2n) is 9.68. The van der Waals surface area contributed by atoms with Gasteiger partial charge in [0.15, 0.2) is 5.01 Å². The van der Waals surface area contributed by atoms with Crippen LogP contribution in [0.3, 0.4) is 0 Å². The number of thiazole rings is 1. The Kier molecular flexibility index (Phi) is 8.61. The van der Waals surface area contributed by atoms with Gasteiger partial charge in [-0.15, -0.1) is 11.3 Å². The van der Waals surface area contributed by atoms with Gasteiger partial charge in [0, 0.05) is 30.3 Å². The molecule has 0 spiro atoms. The van der Waals surface area contributed by atoms with Crippen LogP contribution in [0, 0.1) is 0 Å². The molecule has 1 fully saturated rings. The number of aromatic nitrogens is 1. The lowest BCUT2D eigenvalue weighted by molar-refractivity contribution is -0.376. The van der Waals surface area contributed by atoms with Gasteiger partial charge in [0.05, 0.1) is 20.5 Å². The third-order valence-electron chi connectivity index (χ3n) is 6.06. The van der Waals surface area contributed by atoms with Crippen molar-refractivity contribution in [3.8, 4) is 10.4 Å². The van der Waals surface area contributed by atoms with Crippen molar-refractivity contribution in [1.82, 2.24) is 15.2 Å². The number of alkyl halides is 6. The van der Waals surface area contributed by atoms with Gasteiger partial charge in [-0.2, -0.15) is 26.3 Å². The SMILES string of the molecule is CC1CCCN1C(=O)c1nc(C(=O)NCC(C)(C)O)sc1-c1ccc(C(O)(C(F)(F)F)C(F)(F)F)c(Cl)c1Cl. The Labute approximate surface area is 232 Å². The summed E-state index contributed by atoms with van der Waals surface area (Å²) in [5, 5.41) is 19.8. The van der Waals surface area contributed by atoms with Crippen LogP contribution in [-0.2, 0) is 5.60 Å². The van der Waals surface area contributed by atoms with E-state index in [9.17, 15) is 46.1 Å². The zero-order chi connectivity index (χ0) is 29.7. The van der Waals surface area contributed by atoms with E-state index in [0.29, 0.717) is 36.8 Å². The van der Waals surface area contributed by atoms with Gasteiger partial charge in [-0.25, -0.2) is 4.98 Å². The molecule has 0 bridgehead atoms. The second kappa shape index (κ2) is 10.7. The Morgan fingerprint density at radius 2 is 1.69 bits per heavy atom. The molecule has 0 radical (unpaired) electrons. The first-order valence-corrected chi connectivity index (χ1v) is 12.9. The van der Waals surface area contributed by atoms with E-state index in [1.807, 2.05) is 0 Å². The molecule has 39 heavy (non-hydrogen) atoms. The fourth-order valence-electron chi connectivity index (χ4n) is 3.96. The minimum Gasteiger partial charge on any atom is -0.389 e. The third kappa shape index (κ3) is 5.99. The predicted octanol–water partition coefficient (Wildman–Crippen LogP) is 5.55. The van der Waals surface area contributed by atoms with Crippen LogP contribution in [0.5, 0.6) is 0 Å². The molecule has 7 nitrogen and oxygen atoms in total. The molecule has 2 aromatic rings. The standard InChI is InChI=1S/C23H23Cl2F6N3O4S/c1-10-5-4-8-34(10)19(36)15-16(39-18(33-15)17(35)32-9-20(2,3)37)11-6-7-12(14(25)13(11)24)21(38,22(26,27)28)23(29,30)31/h6-7,10,37-38H,4-5,8-9H2,1-3H3,(H,32,35). The fraction of sp³-hybridized carbons (Fsp3) is 0.522. The van der Waals surface area contributed by atoms with Crippen LogP contribution in [0.1, 0.15) is 59.5 Å². The summed E-state index contributed by atoms with van der Waals surface area (Å²) < 4.78 is 80.7. The number of halogens is 8. The molecule has 3 N–H and O–H groups in total. The average molecular weight is 622 g/mol. The molecule has 3 rings (SSSR count). The van der Waals surface area contributed by atoms with Gasteiger partial charge in [0.2, 0.25) is 0 Å². The van der Waals surface area contributed by atoms with E-state index in [2.05, 4.69) is 10.3 Å². The highest BCUT2D eigenvalue weighted by Gasteiger charge is 2.72. The molecule has 1 saturated heterocycles. The number of aliphatic hydroxyl groups is 2. The Hall–Kier alpha value is -2.13. The lowest BCUT2D eigenvalue weighted by atomic mass is 9.91. The van der Waals surface area contributed by atoms with Crippen molar-refractivity contribution in [3.05, 3.63) is 38.4 Å². The molecule has 2 amide bonds. The molecule has 2 heterocycles. The maximum Gasteiger partial charge on any atom is 0.430 e. The molecule has 1 aromatic heterocycles. The van der Waals surface area contributed by atoms with Crippen molar-refractivity contribution in [3.63, 3.8) is 0 Å². The van der Waals surface area contributed by atoms with Crippen molar-refractivity contribution in [1.29, 1.82) is 0 Å². The Morgan fingerprint density at radius 1 is 1.10 bits per heavy atom. The number of carbonyl (C=O) groups is 2. The molecule has 16 heteroatoms. The van der Waals surface area contributed by atoms with E-state index in [-0.39, 0.29) is 33.7 Å². The summed E-state index contributed by atoms with van der Waals surface area (Å²) in [4.78, 5) is 31.5. The van der Waals surface area contributed by atoms with Crippen molar-refractivity contribution < 1.29 is 46.1 Å². The van der Waals surface area contributed by atoms with Crippen molar-refractivity contribution in [2.45, 2.75) is 63.2 Å². The number of nitrogens with one attached hydrogen (secondary N) is 1. The van der Waals surface area contributed by atoms with Crippen LogP contribution < -0.4 is 5.32 Å². The molecule has 1 atom stereocenters. The minimum atomic E-state index is -6.21. The van der Waals surface area contributed by atoms with Crippen LogP contribution in [0.25, 0.3) is 10.4 Å². The largest absolute Gasteiger partial charge is 0.430 e. The van der Waals surface area contributed by atoms with Gasteiger partial charge < -0.3 is 20.4 Å². The number of likely N-dealkylation sites (tertiary alicyclic amines) is 1. The van der Waals surface area contributed by atoms with Crippen molar-refractivity contribution in [2.24, 2.45) is 0 Å². The van der Waals surface area contributed by atoms with Crippen LogP contribution in [0.2, 0.25) is 10.0 Å². The lowest BCUT2D eigenvalue weighted by Gasteiger charge is -2.33. The van der Waals surface area contributed by atoms with Gasteiger partial charge in [0.25, 0.3) is 17.4 Å².